The molecule has 270 valence electrons. The van der Waals surface area contributed by atoms with Crippen LogP contribution in [0.2, 0.25) is 4.34 Å². The number of ether oxygens (including phenoxy) is 2. The molecular weight excluding hydrogens is 784 g/mol. The van der Waals surface area contributed by atoms with E-state index in [4.69, 9.17) is 11.6 Å². The molecule has 7 nitrogen and oxygen atoms in total. The summed E-state index contributed by atoms with van der Waals surface area (Å²) in [7, 11) is 2.88. The van der Waals surface area contributed by atoms with E-state index in [-0.39, 0.29) is 44.7 Å². The second kappa shape index (κ2) is 20.8. The molecule has 3 heterocycles. The Labute approximate surface area is 302 Å². The molecule has 17 heteroatoms. The zero-order valence-electron chi connectivity index (χ0n) is 27.8. The first-order valence-corrected chi connectivity index (χ1v) is 18.5. The zero-order chi connectivity index (χ0) is 36.8. The molecule has 1 unspecified atom stereocenters. The van der Waals surface area contributed by atoms with Crippen molar-refractivity contribution in [3.63, 3.8) is 0 Å². The van der Waals surface area contributed by atoms with Gasteiger partial charge in [-0.3, -0.25) is 4.79 Å². The van der Waals surface area contributed by atoms with Crippen LogP contribution in [0, 0.1) is 6.92 Å². The highest BCUT2D eigenvalue weighted by atomic mass is 79.9. The van der Waals surface area contributed by atoms with Gasteiger partial charge in [0.25, 0.3) is 5.66 Å². The summed E-state index contributed by atoms with van der Waals surface area (Å²) >= 11 is 11.9. The molecule has 2 aromatic heterocycles. The first-order valence-electron chi connectivity index (χ1n) is 15.2. The Morgan fingerprint density at radius 3 is 2.21 bits per heavy atom. The SMILES string of the molecule is CC.CC.CCOC.Cc1nc(CC(=O)N2CCC(c3nc(-c4cc(Br)c(C(F)(F)P)c(OC(F)(F)F)c4)c(Cl)s3)CC2)sc1CC=O. The molecule has 4 rings (SSSR count). The summed E-state index contributed by atoms with van der Waals surface area (Å²) in [6.45, 7) is 13.5. The van der Waals surface area contributed by atoms with Crippen LogP contribution in [0.25, 0.3) is 11.3 Å². The molecule has 0 radical (unpaired) electrons. The third-order valence-corrected chi connectivity index (χ3v) is 9.99. The maximum atomic E-state index is 14.1. The lowest BCUT2D eigenvalue weighted by Gasteiger charge is -2.31. The van der Waals surface area contributed by atoms with Gasteiger partial charge in [0.05, 0.1) is 22.7 Å². The number of methoxy groups -OCH3 is 1. The van der Waals surface area contributed by atoms with Gasteiger partial charge < -0.3 is 19.2 Å². The summed E-state index contributed by atoms with van der Waals surface area (Å²) in [5.74, 6) is -1.19. The number of nitrogens with zero attached hydrogens (tertiary/aromatic N) is 3. The molecule has 0 saturated carbocycles. The van der Waals surface area contributed by atoms with E-state index in [1.165, 1.54) is 26.6 Å². The van der Waals surface area contributed by atoms with Crippen molar-refractivity contribution in [3.05, 3.63) is 47.1 Å². The smallest absolute Gasteiger partial charge is 0.405 e. The van der Waals surface area contributed by atoms with E-state index in [2.05, 4.69) is 35.4 Å². The van der Waals surface area contributed by atoms with Crippen molar-refractivity contribution in [2.24, 2.45) is 0 Å². The van der Waals surface area contributed by atoms with Gasteiger partial charge in [0.1, 0.15) is 27.1 Å². The minimum absolute atomic E-state index is 0.0495. The van der Waals surface area contributed by atoms with Gasteiger partial charge in [0.15, 0.2) is 0 Å². The van der Waals surface area contributed by atoms with Crippen molar-refractivity contribution < 1.29 is 41.0 Å². The minimum Gasteiger partial charge on any atom is -0.405 e. The molecule has 0 bridgehead atoms. The third kappa shape index (κ3) is 13.2. The van der Waals surface area contributed by atoms with Crippen LogP contribution < -0.4 is 4.74 Å². The third-order valence-electron chi connectivity index (χ3n) is 6.48. The number of rotatable bonds is 9. The number of thiazole rings is 2. The van der Waals surface area contributed by atoms with Gasteiger partial charge in [-0.1, -0.05) is 64.5 Å². The average Bonchev–Trinajstić information content (AvgIpc) is 3.58. The number of aryl methyl sites for hydroxylation is 1. The van der Waals surface area contributed by atoms with E-state index in [1.54, 1.807) is 18.9 Å². The van der Waals surface area contributed by atoms with E-state index >= 15 is 0 Å². The number of aldehydes is 1. The van der Waals surface area contributed by atoms with Gasteiger partial charge in [0, 0.05) is 54.1 Å². The van der Waals surface area contributed by atoms with Crippen molar-refractivity contribution in [1.82, 2.24) is 14.9 Å². The molecule has 1 aliphatic heterocycles. The number of alkyl halides is 5. The van der Waals surface area contributed by atoms with Crippen molar-refractivity contribution in [3.8, 4) is 17.0 Å². The van der Waals surface area contributed by atoms with E-state index in [0.29, 0.717) is 35.9 Å². The molecule has 0 aliphatic carbocycles. The quantitative estimate of drug-likeness (QED) is 0.121. The standard InChI is InChI=1S/C24H21BrClF5N3O3PS2.C3H8O.2C2H6/c1-11-16(4-7-35)39-17(32-11)10-18(36)34-5-2-12(3-6-34)22-33-20(21(26)40-22)13-8-14(25)19(23(27,28)38)15(9-13)37-24(29,30)31;1-3-4-2;2*1-2/h7-9,12H,2-6,10,38H2,1H3;3H2,1-2H3;2*1-2H3. The summed E-state index contributed by atoms with van der Waals surface area (Å²) in [6, 6.07) is 2.07. The summed E-state index contributed by atoms with van der Waals surface area (Å²) in [4.78, 5) is 35.1. The molecule has 48 heavy (non-hydrogen) atoms. The summed E-state index contributed by atoms with van der Waals surface area (Å²) in [5.41, 5.74) is -3.70. The van der Waals surface area contributed by atoms with Crippen LogP contribution in [0.4, 0.5) is 22.0 Å². The first kappa shape index (κ1) is 44.3. The highest BCUT2D eigenvalue weighted by Gasteiger charge is 2.39. The number of carbonyl (C=O) groups excluding carboxylic acids is 2. The number of likely N-dealkylation sites (tertiary alicyclic amines) is 1. The molecule has 1 amide bonds. The molecule has 1 aromatic carbocycles. The lowest BCUT2D eigenvalue weighted by Crippen LogP contribution is -2.38. The number of aromatic nitrogens is 2. The van der Waals surface area contributed by atoms with E-state index in [0.717, 1.165) is 40.9 Å². The van der Waals surface area contributed by atoms with Crippen LogP contribution >= 0.6 is 59.4 Å². The number of halogens is 7. The summed E-state index contributed by atoms with van der Waals surface area (Å²) in [6.07, 6.45) is -2.80. The summed E-state index contributed by atoms with van der Waals surface area (Å²) in [5, 5.41) is 1.29. The van der Waals surface area contributed by atoms with Gasteiger partial charge >= 0.3 is 6.36 Å². The van der Waals surface area contributed by atoms with Crippen LogP contribution in [-0.2, 0) is 32.8 Å². The molecular formula is C31H41BrClF5N3O4PS2. The van der Waals surface area contributed by atoms with Crippen LogP contribution in [0.3, 0.4) is 0 Å². The molecule has 1 aliphatic rings. The van der Waals surface area contributed by atoms with Gasteiger partial charge in [-0.05, 0) is 38.8 Å². The van der Waals surface area contributed by atoms with Crippen molar-refractivity contribution in [2.45, 2.75) is 85.2 Å². The topological polar surface area (TPSA) is 81.6 Å². The van der Waals surface area contributed by atoms with Crippen molar-refractivity contribution >= 4 is 71.6 Å². The fraction of sp³-hybridized carbons (Fsp3) is 0.548. The van der Waals surface area contributed by atoms with Gasteiger partial charge in [-0.25, -0.2) is 9.97 Å². The van der Waals surface area contributed by atoms with E-state index in [9.17, 15) is 31.5 Å². The number of benzene rings is 1. The predicted molar refractivity (Wildman–Crippen MR) is 190 cm³/mol. The number of carbonyl (C=O) groups is 2. The van der Waals surface area contributed by atoms with Gasteiger partial charge in [-0.2, -0.15) is 8.78 Å². The van der Waals surface area contributed by atoms with Crippen LogP contribution in [-0.4, -0.2) is 60.2 Å². The Morgan fingerprint density at radius 1 is 1.12 bits per heavy atom. The van der Waals surface area contributed by atoms with Gasteiger partial charge in [-0.15, -0.1) is 35.8 Å². The Balaban J connectivity index is 0.00000132. The number of piperidine rings is 1. The highest BCUT2D eigenvalue weighted by molar-refractivity contribution is 9.10. The first-order chi connectivity index (χ1) is 22.6. The maximum absolute atomic E-state index is 14.1. The minimum atomic E-state index is -5.19. The fourth-order valence-electron chi connectivity index (χ4n) is 4.36. The van der Waals surface area contributed by atoms with Gasteiger partial charge in [0.2, 0.25) is 5.91 Å². The predicted octanol–water partition coefficient (Wildman–Crippen LogP) is 10.2. The zero-order valence-corrected chi connectivity index (χ0v) is 32.9. The molecule has 1 fully saturated rings. The Bertz CT molecular complexity index is 1460. The largest absolute Gasteiger partial charge is 0.573 e. The molecule has 0 N–H and O–H groups in total. The fourth-order valence-corrected chi connectivity index (χ4v) is 7.96. The Hall–Kier alpha value is -1.77. The van der Waals surface area contributed by atoms with Crippen LogP contribution in [0.5, 0.6) is 5.75 Å². The average molecular weight is 825 g/mol. The van der Waals surface area contributed by atoms with Crippen molar-refractivity contribution in [2.75, 3.05) is 26.8 Å². The lowest BCUT2D eigenvalue weighted by atomic mass is 9.97. The normalized spacial score (nSPS) is 13.4. The second-order valence-corrected chi connectivity index (χ2v) is 14.0. The monoisotopic (exact) mass is 823 g/mol. The van der Waals surface area contributed by atoms with Crippen LogP contribution in [0.1, 0.15) is 79.5 Å². The molecule has 1 saturated heterocycles. The highest BCUT2D eigenvalue weighted by Crippen LogP contribution is 2.49. The summed E-state index contributed by atoms with van der Waals surface area (Å²) < 4.78 is 75.5. The van der Waals surface area contributed by atoms with Crippen molar-refractivity contribution in [1.29, 1.82) is 0 Å². The Kier molecular flexibility index (Phi) is 19.2. The van der Waals surface area contributed by atoms with E-state index < -0.39 is 23.3 Å². The van der Waals surface area contributed by atoms with Crippen LogP contribution in [0.15, 0.2) is 16.6 Å². The molecule has 0 spiro atoms. The number of hydrogen-bond acceptors (Lipinski definition) is 8. The lowest BCUT2D eigenvalue weighted by molar-refractivity contribution is -0.275. The number of amides is 1. The molecule has 1 atom stereocenters. The van der Waals surface area contributed by atoms with E-state index in [1.807, 2.05) is 34.6 Å². The Morgan fingerprint density at radius 2 is 1.71 bits per heavy atom. The second-order valence-electron chi connectivity index (χ2n) is 9.57. The maximum Gasteiger partial charge on any atom is 0.573 e. The molecule has 3 aromatic rings. The number of hydrogen-bond donors (Lipinski definition) is 0.